The van der Waals surface area contributed by atoms with Gasteiger partial charge in [0.05, 0.1) is 11.8 Å². The fraction of sp³-hybridized carbons (Fsp3) is 0.800. The van der Waals surface area contributed by atoms with Crippen LogP contribution in [0.1, 0.15) is 26.2 Å². The number of hydrogen-bond acceptors (Lipinski definition) is 4. The van der Waals surface area contributed by atoms with Crippen LogP contribution in [0.4, 0.5) is 0 Å². The molecule has 0 aromatic heterocycles. The smallest absolute Gasteiger partial charge is 0.228 e. The molecule has 2 atom stereocenters. The fourth-order valence-electron chi connectivity index (χ4n) is 3.23. The molecule has 2 fully saturated rings. The van der Waals surface area contributed by atoms with Crippen LogP contribution in [0, 0.1) is 11.8 Å². The van der Waals surface area contributed by atoms with Crippen LogP contribution in [-0.4, -0.2) is 66.8 Å². The van der Waals surface area contributed by atoms with Gasteiger partial charge in [0.25, 0.3) is 0 Å². The zero-order chi connectivity index (χ0) is 16.1. The highest BCUT2D eigenvalue weighted by molar-refractivity contribution is 5.89. The van der Waals surface area contributed by atoms with Crippen molar-refractivity contribution in [3.8, 4) is 0 Å². The molecule has 0 aromatic rings. The third kappa shape index (κ3) is 3.76. The highest BCUT2D eigenvalue weighted by Crippen LogP contribution is 2.23. The van der Waals surface area contributed by atoms with Gasteiger partial charge >= 0.3 is 0 Å². The van der Waals surface area contributed by atoms with Gasteiger partial charge in [0.2, 0.25) is 17.7 Å². The SMILES string of the molecule is CCN1CC(C(=O)N2CCCC(C(=O)NCCN)C2)CC1=O. The summed E-state index contributed by atoms with van der Waals surface area (Å²) in [6.07, 6.45) is 1.92. The van der Waals surface area contributed by atoms with Crippen LogP contribution >= 0.6 is 0 Å². The van der Waals surface area contributed by atoms with Crippen LogP contribution in [0.15, 0.2) is 0 Å². The predicted molar refractivity (Wildman–Crippen MR) is 81.7 cm³/mol. The Morgan fingerprint density at radius 1 is 1.32 bits per heavy atom. The van der Waals surface area contributed by atoms with Gasteiger partial charge in [0, 0.05) is 45.7 Å². The molecule has 0 aliphatic carbocycles. The summed E-state index contributed by atoms with van der Waals surface area (Å²) < 4.78 is 0. The van der Waals surface area contributed by atoms with Crippen LogP contribution in [0.2, 0.25) is 0 Å². The van der Waals surface area contributed by atoms with E-state index in [-0.39, 0.29) is 29.6 Å². The minimum Gasteiger partial charge on any atom is -0.355 e. The Morgan fingerprint density at radius 2 is 2.09 bits per heavy atom. The predicted octanol–water partition coefficient (Wildman–Crippen LogP) is -0.832. The maximum atomic E-state index is 12.6. The van der Waals surface area contributed by atoms with E-state index in [1.807, 2.05) is 6.92 Å². The van der Waals surface area contributed by atoms with Crippen molar-refractivity contribution in [2.45, 2.75) is 26.2 Å². The normalized spacial score (nSPS) is 25.5. The third-order valence-corrected chi connectivity index (χ3v) is 4.49. The van der Waals surface area contributed by atoms with Gasteiger partial charge in [-0.15, -0.1) is 0 Å². The molecule has 2 aliphatic rings. The topological polar surface area (TPSA) is 95.7 Å². The number of nitrogens with zero attached hydrogens (tertiary/aromatic N) is 2. The largest absolute Gasteiger partial charge is 0.355 e. The first-order chi connectivity index (χ1) is 10.6. The fourth-order valence-corrected chi connectivity index (χ4v) is 3.23. The average Bonchev–Trinajstić information content (AvgIpc) is 2.92. The van der Waals surface area contributed by atoms with Crippen molar-refractivity contribution in [2.75, 3.05) is 39.3 Å². The lowest BCUT2D eigenvalue weighted by Gasteiger charge is -2.33. The molecule has 2 aliphatic heterocycles. The summed E-state index contributed by atoms with van der Waals surface area (Å²) in [5.74, 6) is -0.377. The maximum Gasteiger partial charge on any atom is 0.228 e. The van der Waals surface area contributed by atoms with Crippen LogP contribution in [0.5, 0.6) is 0 Å². The molecule has 0 saturated carbocycles. The van der Waals surface area contributed by atoms with Gasteiger partial charge < -0.3 is 20.9 Å². The van der Waals surface area contributed by atoms with Crippen molar-refractivity contribution < 1.29 is 14.4 Å². The lowest BCUT2D eigenvalue weighted by molar-refractivity contribution is -0.139. The van der Waals surface area contributed by atoms with Gasteiger partial charge in [-0.25, -0.2) is 0 Å². The van der Waals surface area contributed by atoms with Gasteiger partial charge in [-0.3, -0.25) is 14.4 Å². The van der Waals surface area contributed by atoms with Crippen molar-refractivity contribution in [1.29, 1.82) is 0 Å². The molecule has 7 nitrogen and oxygen atoms in total. The Kier molecular flexibility index (Phi) is 5.76. The van der Waals surface area contributed by atoms with Crippen LogP contribution < -0.4 is 11.1 Å². The van der Waals surface area contributed by atoms with E-state index < -0.39 is 0 Å². The van der Waals surface area contributed by atoms with Gasteiger partial charge in [0.1, 0.15) is 0 Å². The van der Waals surface area contributed by atoms with E-state index in [9.17, 15) is 14.4 Å². The van der Waals surface area contributed by atoms with Crippen LogP contribution in [0.25, 0.3) is 0 Å². The minimum atomic E-state index is -0.252. The lowest BCUT2D eigenvalue weighted by Crippen LogP contribution is -2.48. The van der Waals surface area contributed by atoms with E-state index in [0.717, 1.165) is 12.8 Å². The number of amides is 3. The van der Waals surface area contributed by atoms with Gasteiger partial charge in [-0.2, -0.15) is 0 Å². The van der Waals surface area contributed by atoms with Crippen LogP contribution in [0.3, 0.4) is 0 Å². The lowest BCUT2D eigenvalue weighted by atomic mass is 9.95. The second-order valence-corrected chi connectivity index (χ2v) is 6.04. The summed E-state index contributed by atoms with van der Waals surface area (Å²) in [6.45, 7) is 5.08. The highest BCUT2D eigenvalue weighted by atomic mass is 16.2. The Balaban J connectivity index is 1.90. The zero-order valence-corrected chi connectivity index (χ0v) is 13.2. The molecular weight excluding hydrogens is 284 g/mol. The number of carbonyl (C=O) groups is 3. The molecule has 2 unspecified atom stereocenters. The molecule has 124 valence electrons. The van der Waals surface area contributed by atoms with Gasteiger partial charge in [0.15, 0.2) is 0 Å². The van der Waals surface area contributed by atoms with E-state index in [1.165, 1.54) is 0 Å². The molecular formula is C15H26N4O3. The third-order valence-electron chi connectivity index (χ3n) is 4.49. The van der Waals surface area contributed by atoms with Gasteiger partial charge in [-0.05, 0) is 19.8 Å². The molecule has 2 rings (SSSR count). The molecule has 0 radical (unpaired) electrons. The Labute approximate surface area is 131 Å². The second kappa shape index (κ2) is 7.58. The molecule has 2 heterocycles. The molecule has 3 amide bonds. The van der Waals surface area contributed by atoms with Crippen molar-refractivity contribution in [2.24, 2.45) is 17.6 Å². The number of nitrogens with one attached hydrogen (secondary N) is 1. The Morgan fingerprint density at radius 3 is 2.73 bits per heavy atom. The van der Waals surface area contributed by atoms with Crippen LogP contribution in [-0.2, 0) is 14.4 Å². The molecule has 22 heavy (non-hydrogen) atoms. The zero-order valence-electron chi connectivity index (χ0n) is 13.2. The first kappa shape index (κ1) is 16.7. The molecule has 2 saturated heterocycles. The quantitative estimate of drug-likeness (QED) is 0.693. The Bertz CT molecular complexity index is 441. The number of rotatable bonds is 5. The molecule has 0 spiro atoms. The van der Waals surface area contributed by atoms with Crippen molar-refractivity contribution >= 4 is 17.7 Å². The molecule has 3 N–H and O–H groups in total. The van der Waals surface area contributed by atoms with Crippen molar-refractivity contribution in [1.82, 2.24) is 15.1 Å². The summed E-state index contributed by atoms with van der Waals surface area (Å²) >= 11 is 0. The number of piperidine rings is 1. The first-order valence-corrected chi connectivity index (χ1v) is 8.11. The number of carbonyl (C=O) groups excluding carboxylic acids is 3. The monoisotopic (exact) mass is 310 g/mol. The molecule has 0 aromatic carbocycles. The first-order valence-electron chi connectivity index (χ1n) is 8.11. The van der Waals surface area contributed by atoms with E-state index in [0.29, 0.717) is 45.7 Å². The Hall–Kier alpha value is -1.63. The van der Waals surface area contributed by atoms with Gasteiger partial charge in [-0.1, -0.05) is 0 Å². The van der Waals surface area contributed by atoms with E-state index in [4.69, 9.17) is 5.73 Å². The van der Waals surface area contributed by atoms with E-state index >= 15 is 0 Å². The minimum absolute atomic E-state index is 0.0145. The number of nitrogens with two attached hydrogens (primary N) is 1. The van der Waals surface area contributed by atoms with Crippen molar-refractivity contribution in [3.63, 3.8) is 0 Å². The summed E-state index contributed by atoms with van der Waals surface area (Å²) in [5.41, 5.74) is 5.39. The maximum absolute atomic E-state index is 12.6. The average molecular weight is 310 g/mol. The second-order valence-electron chi connectivity index (χ2n) is 6.04. The highest BCUT2D eigenvalue weighted by Gasteiger charge is 2.37. The molecule has 0 bridgehead atoms. The standard InChI is InChI=1S/C15H26N4O3/c1-2-18-10-12(8-13(18)20)15(22)19-7-3-4-11(9-19)14(21)17-6-5-16/h11-12H,2-10,16H2,1H3,(H,17,21). The summed E-state index contributed by atoms with van der Waals surface area (Å²) in [7, 11) is 0. The number of hydrogen-bond donors (Lipinski definition) is 2. The van der Waals surface area contributed by atoms with Crippen molar-refractivity contribution in [3.05, 3.63) is 0 Å². The van der Waals surface area contributed by atoms with E-state index in [1.54, 1.807) is 9.80 Å². The summed E-state index contributed by atoms with van der Waals surface area (Å²) in [4.78, 5) is 39.9. The molecule has 7 heteroatoms. The summed E-state index contributed by atoms with van der Waals surface area (Å²) in [6, 6.07) is 0. The number of likely N-dealkylation sites (tertiary alicyclic amines) is 2. The van der Waals surface area contributed by atoms with E-state index in [2.05, 4.69) is 5.32 Å². The summed E-state index contributed by atoms with van der Waals surface area (Å²) in [5, 5.41) is 2.79.